The molecular weight excluding hydrogens is 270 g/mol. The molecule has 0 radical (unpaired) electrons. The standard InChI is InChI=1S/C14H13N5S/c1-2-3-6-12-18-19-11(8-15)13(17-14(19)20-12)10-5-4-7-16-9-10/h4-5,7,9H,2-3,6H2,1H3. The third-order valence-electron chi connectivity index (χ3n) is 3.03. The van der Waals surface area contributed by atoms with Gasteiger partial charge in [-0.2, -0.15) is 14.9 Å². The van der Waals surface area contributed by atoms with Gasteiger partial charge in [0, 0.05) is 24.4 Å². The summed E-state index contributed by atoms with van der Waals surface area (Å²) < 4.78 is 1.65. The van der Waals surface area contributed by atoms with Gasteiger partial charge in [-0.15, -0.1) is 0 Å². The Morgan fingerprint density at radius 3 is 3.05 bits per heavy atom. The smallest absolute Gasteiger partial charge is 0.214 e. The van der Waals surface area contributed by atoms with Crippen molar-refractivity contribution in [1.82, 2.24) is 19.6 Å². The molecule has 100 valence electrons. The molecule has 0 bridgehead atoms. The average Bonchev–Trinajstić information content (AvgIpc) is 3.02. The van der Waals surface area contributed by atoms with E-state index in [1.54, 1.807) is 28.2 Å². The average molecular weight is 283 g/mol. The van der Waals surface area contributed by atoms with Crippen molar-refractivity contribution < 1.29 is 0 Å². The van der Waals surface area contributed by atoms with E-state index >= 15 is 0 Å². The van der Waals surface area contributed by atoms with E-state index in [0.717, 1.165) is 34.8 Å². The zero-order valence-electron chi connectivity index (χ0n) is 11.1. The summed E-state index contributed by atoms with van der Waals surface area (Å²) in [6.07, 6.45) is 6.60. The van der Waals surface area contributed by atoms with E-state index in [1.165, 1.54) is 0 Å². The maximum atomic E-state index is 9.39. The summed E-state index contributed by atoms with van der Waals surface area (Å²) in [5.41, 5.74) is 1.98. The minimum absolute atomic E-state index is 0.479. The van der Waals surface area contributed by atoms with Crippen LogP contribution in [-0.2, 0) is 6.42 Å². The Bertz CT molecular complexity index is 766. The molecule has 6 heteroatoms. The molecule has 0 spiro atoms. The number of aromatic nitrogens is 4. The molecule has 0 saturated carbocycles. The van der Waals surface area contributed by atoms with Gasteiger partial charge in [0.15, 0.2) is 5.69 Å². The molecular formula is C14H13N5S. The number of pyridine rings is 1. The lowest BCUT2D eigenvalue weighted by molar-refractivity contribution is 0.769. The highest BCUT2D eigenvalue weighted by Crippen LogP contribution is 2.26. The molecule has 0 aromatic carbocycles. The summed E-state index contributed by atoms with van der Waals surface area (Å²) in [7, 11) is 0. The fraction of sp³-hybridized carbons (Fsp3) is 0.286. The number of nitriles is 1. The summed E-state index contributed by atoms with van der Waals surface area (Å²) >= 11 is 1.55. The van der Waals surface area contributed by atoms with Crippen LogP contribution in [0.3, 0.4) is 0 Å². The third kappa shape index (κ3) is 2.17. The van der Waals surface area contributed by atoms with Gasteiger partial charge in [-0.25, -0.2) is 4.98 Å². The first-order chi connectivity index (χ1) is 9.83. The van der Waals surface area contributed by atoms with E-state index < -0.39 is 0 Å². The molecule has 0 aliphatic carbocycles. The fourth-order valence-corrected chi connectivity index (χ4v) is 2.96. The zero-order valence-corrected chi connectivity index (χ0v) is 11.9. The molecule has 0 aliphatic heterocycles. The van der Waals surface area contributed by atoms with E-state index in [1.807, 2.05) is 12.1 Å². The SMILES string of the molecule is CCCCc1nn2c(C#N)c(-c3cccnc3)nc2s1. The lowest BCUT2D eigenvalue weighted by atomic mass is 10.2. The second-order valence-corrected chi connectivity index (χ2v) is 5.50. The van der Waals surface area contributed by atoms with Crippen LogP contribution in [0.1, 0.15) is 30.5 Å². The van der Waals surface area contributed by atoms with Gasteiger partial charge in [0.2, 0.25) is 4.96 Å². The molecule has 5 nitrogen and oxygen atoms in total. The largest absolute Gasteiger partial charge is 0.264 e. The third-order valence-corrected chi connectivity index (χ3v) is 4.00. The number of rotatable bonds is 4. The van der Waals surface area contributed by atoms with E-state index in [-0.39, 0.29) is 0 Å². The lowest BCUT2D eigenvalue weighted by Crippen LogP contribution is -1.93. The van der Waals surface area contributed by atoms with Crippen LogP contribution in [0.15, 0.2) is 24.5 Å². The second-order valence-electron chi connectivity index (χ2n) is 4.46. The number of aryl methyl sites for hydroxylation is 1. The number of fused-ring (bicyclic) bond motifs is 1. The summed E-state index contributed by atoms with van der Waals surface area (Å²) in [6.45, 7) is 2.15. The summed E-state index contributed by atoms with van der Waals surface area (Å²) in [4.78, 5) is 9.38. The number of nitrogens with zero attached hydrogens (tertiary/aromatic N) is 5. The van der Waals surface area contributed by atoms with Crippen molar-refractivity contribution in [2.45, 2.75) is 26.2 Å². The minimum atomic E-state index is 0.479. The van der Waals surface area contributed by atoms with Crippen molar-refractivity contribution in [3.05, 3.63) is 35.2 Å². The van der Waals surface area contributed by atoms with Crippen molar-refractivity contribution in [2.24, 2.45) is 0 Å². The summed E-state index contributed by atoms with van der Waals surface area (Å²) in [5.74, 6) is 0. The van der Waals surface area contributed by atoms with Crippen LogP contribution in [0, 0.1) is 11.3 Å². The van der Waals surface area contributed by atoms with Crippen LogP contribution in [0.2, 0.25) is 0 Å². The quantitative estimate of drug-likeness (QED) is 0.738. The van der Waals surface area contributed by atoms with Crippen LogP contribution in [0.25, 0.3) is 16.2 Å². The van der Waals surface area contributed by atoms with Gasteiger partial charge in [-0.3, -0.25) is 4.98 Å². The maximum absolute atomic E-state index is 9.39. The van der Waals surface area contributed by atoms with Gasteiger partial charge in [-0.05, 0) is 18.6 Å². The van der Waals surface area contributed by atoms with Gasteiger partial charge < -0.3 is 0 Å². The van der Waals surface area contributed by atoms with Gasteiger partial charge in [0.1, 0.15) is 16.8 Å². The first-order valence-electron chi connectivity index (χ1n) is 6.52. The highest BCUT2D eigenvalue weighted by atomic mass is 32.1. The fourth-order valence-electron chi connectivity index (χ4n) is 2.02. The highest BCUT2D eigenvalue weighted by molar-refractivity contribution is 7.16. The second kappa shape index (κ2) is 5.39. The molecule has 3 rings (SSSR count). The summed E-state index contributed by atoms with van der Waals surface area (Å²) in [5, 5.41) is 14.9. The van der Waals surface area contributed by atoms with E-state index in [9.17, 15) is 5.26 Å². The zero-order chi connectivity index (χ0) is 13.9. The molecule has 0 unspecified atom stereocenters. The first-order valence-corrected chi connectivity index (χ1v) is 7.34. The Hall–Kier alpha value is -2.26. The summed E-state index contributed by atoms with van der Waals surface area (Å²) in [6, 6.07) is 5.94. The van der Waals surface area contributed by atoms with Gasteiger partial charge >= 0.3 is 0 Å². The minimum Gasteiger partial charge on any atom is -0.264 e. The van der Waals surface area contributed by atoms with Crippen molar-refractivity contribution in [2.75, 3.05) is 0 Å². The number of imidazole rings is 1. The van der Waals surface area contributed by atoms with E-state index in [2.05, 4.69) is 28.1 Å². The normalized spacial score (nSPS) is 10.8. The molecule has 0 saturated heterocycles. The van der Waals surface area contributed by atoms with Crippen molar-refractivity contribution in [3.8, 4) is 17.3 Å². The molecule has 0 amide bonds. The Labute approximate surface area is 120 Å². The highest BCUT2D eigenvalue weighted by Gasteiger charge is 2.17. The predicted molar refractivity (Wildman–Crippen MR) is 77.4 cm³/mol. The topological polar surface area (TPSA) is 66.9 Å². The predicted octanol–water partition coefficient (Wildman–Crippen LogP) is 3.07. The molecule has 3 aromatic rings. The maximum Gasteiger partial charge on any atom is 0.214 e. The molecule has 3 heterocycles. The van der Waals surface area contributed by atoms with Crippen LogP contribution < -0.4 is 0 Å². The van der Waals surface area contributed by atoms with Crippen LogP contribution in [0.5, 0.6) is 0 Å². The first kappa shape index (κ1) is 12.8. The molecule has 0 N–H and O–H groups in total. The van der Waals surface area contributed by atoms with Crippen LogP contribution in [0.4, 0.5) is 0 Å². The number of hydrogen-bond donors (Lipinski definition) is 0. The van der Waals surface area contributed by atoms with Crippen LogP contribution in [-0.4, -0.2) is 19.6 Å². The molecule has 0 fully saturated rings. The molecule has 0 aliphatic rings. The Balaban J connectivity index is 2.08. The van der Waals surface area contributed by atoms with Gasteiger partial charge in [-0.1, -0.05) is 24.7 Å². The van der Waals surface area contributed by atoms with Crippen molar-refractivity contribution in [3.63, 3.8) is 0 Å². The Kier molecular flexibility index (Phi) is 3.44. The molecule has 0 atom stereocenters. The number of hydrogen-bond acceptors (Lipinski definition) is 5. The number of unbranched alkanes of at least 4 members (excludes halogenated alkanes) is 1. The van der Waals surface area contributed by atoms with Crippen molar-refractivity contribution >= 4 is 16.3 Å². The van der Waals surface area contributed by atoms with Crippen molar-refractivity contribution in [1.29, 1.82) is 5.26 Å². The monoisotopic (exact) mass is 283 g/mol. The van der Waals surface area contributed by atoms with Crippen LogP contribution >= 0.6 is 11.3 Å². The van der Waals surface area contributed by atoms with E-state index in [4.69, 9.17) is 0 Å². The van der Waals surface area contributed by atoms with Gasteiger partial charge in [0.25, 0.3) is 0 Å². The van der Waals surface area contributed by atoms with E-state index in [0.29, 0.717) is 11.4 Å². The Morgan fingerprint density at radius 1 is 1.45 bits per heavy atom. The van der Waals surface area contributed by atoms with Gasteiger partial charge in [0.05, 0.1) is 0 Å². The Morgan fingerprint density at radius 2 is 2.35 bits per heavy atom. The lowest BCUT2D eigenvalue weighted by Gasteiger charge is -1.96. The molecule has 20 heavy (non-hydrogen) atoms. The molecule has 3 aromatic heterocycles.